The molecule has 1 aliphatic rings. The van der Waals surface area contributed by atoms with Gasteiger partial charge in [-0.25, -0.2) is 31.0 Å². The largest absolute Gasteiger partial charge is 0.337 e. The summed E-state index contributed by atoms with van der Waals surface area (Å²) in [5.74, 6) is -7.12. The zero-order valence-corrected chi connectivity index (χ0v) is 15.1. The van der Waals surface area contributed by atoms with Gasteiger partial charge in [0.25, 0.3) is 0 Å². The average Bonchev–Trinajstić information content (AvgIpc) is 2.99. The van der Waals surface area contributed by atoms with Gasteiger partial charge < -0.3 is 9.88 Å². The van der Waals surface area contributed by atoms with Gasteiger partial charge in [0, 0.05) is 45.1 Å². The number of imidazole rings is 1. The number of hydrogen-bond donors (Lipinski definition) is 1. The van der Waals surface area contributed by atoms with Crippen LogP contribution in [0.25, 0.3) is 0 Å². The summed E-state index contributed by atoms with van der Waals surface area (Å²) in [6.07, 6.45) is 3.02. The van der Waals surface area contributed by atoms with Crippen LogP contribution in [0.3, 0.4) is 0 Å². The molecule has 0 amide bonds. The molecule has 144 valence electrons. The fraction of sp³-hybridized carbons (Fsp3) is 0.357. The van der Waals surface area contributed by atoms with Crippen LogP contribution in [0.4, 0.5) is 17.6 Å². The van der Waals surface area contributed by atoms with Crippen LogP contribution < -0.4 is 5.32 Å². The van der Waals surface area contributed by atoms with Gasteiger partial charge in [0.2, 0.25) is 10.0 Å². The first-order valence-electron chi connectivity index (χ1n) is 7.28. The molecule has 0 aliphatic carbocycles. The van der Waals surface area contributed by atoms with Crippen LogP contribution in [0.2, 0.25) is 0 Å². The number of nitrogens with one attached hydrogen (secondary N) is 1. The fourth-order valence-corrected chi connectivity index (χ4v) is 4.50. The Kier molecular flexibility index (Phi) is 5.95. The van der Waals surface area contributed by atoms with Gasteiger partial charge in [-0.2, -0.15) is 4.31 Å². The van der Waals surface area contributed by atoms with Gasteiger partial charge in [0.15, 0.2) is 28.2 Å². The molecule has 0 radical (unpaired) electrons. The topological polar surface area (TPSA) is 67.2 Å². The van der Waals surface area contributed by atoms with Crippen molar-refractivity contribution in [3.8, 4) is 0 Å². The lowest BCUT2D eigenvalue weighted by molar-refractivity contribution is 0.255. The minimum Gasteiger partial charge on any atom is -0.337 e. The quantitative estimate of drug-likeness (QED) is 0.613. The van der Waals surface area contributed by atoms with Crippen molar-refractivity contribution >= 4 is 22.4 Å². The normalized spacial score (nSPS) is 18.6. The van der Waals surface area contributed by atoms with E-state index >= 15 is 0 Å². The van der Waals surface area contributed by atoms with Crippen LogP contribution >= 0.6 is 12.4 Å². The molecule has 2 aromatic rings. The van der Waals surface area contributed by atoms with Crippen molar-refractivity contribution in [3.63, 3.8) is 0 Å². The second kappa shape index (κ2) is 7.51. The Bertz CT molecular complexity index is 896. The molecular weight excluding hydrogens is 400 g/mol. The van der Waals surface area contributed by atoms with Crippen molar-refractivity contribution in [1.82, 2.24) is 19.2 Å². The summed E-state index contributed by atoms with van der Waals surface area (Å²) in [5, 5.41) is 2.96. The number of rotatable bonds is 3. The number of hydrogen-bond acceptors (Lipinski definition) is 4. The van der Waals surface area contributed by atoms with Crippen LogP contribution in [0.15, 0.2) is 23.4 Å². The van der Waals surface area contributed by atoms with Crippen LogP contribution in [0.1, 0.15) is 11.9 Å². The maximum absolute atomic E-state index is 14.0. The molecule has 0 bridgehead atoms. The zero-order valence-electron chi connectivity index (χ0n) is 13.4. The Morgan fingerprint density at radius 1 is 1.19 bits per heavy atom. The number of nitrogens with zero attached hydrogens (tertiary/aromatic N) is 3. The molecule has 0 saturated carbocycles. The van der Waals surface area contributed by atoms with Crippen LogP contribution in [0.5, 0.6) is 0 Å². The van der Waals surface area contributed by atoms with E-state index in [1.807, 2.05) is 0 Å². The van der Waals surface area contributed by atoms with Crippen molar-refractivity contribution in [2.75, 3.05) is 19.6 Å². The highest BCUT2D eigenvalue weighted by Crippen LogP contribution is 2.32. The van der Waals surface area contributed by atoms with Gasteiger partial charge in [-0.1, -0.05) is 0 Å². The minimum absolute atomic E-state index is 0. The summed E-state index contributed by atoms with van der Waals surface area (Å²) in [6.45, 7) is 0.198. The minimum atomic E-state index is -4.85. The first kappa shape index (κ1) is 20.6. The summed E-state index contributed by atoms with van der Waals surface area (Å²) in [4.78, 5) is 2.42. The predicted molar refractivity (Wildman–Crippen MR) is 86.2 cm³/mol. The molecule has 2 heterocycles. The summed E-state index contributed by atoms with van der Waals surface area (Å²) in [7, 11) is -3.22. The third kappa shape index (κ3) is 3.31. The molecule has 1 aliphatic heterocycles. The first-order valence-corrected chi connectivity index (χ1v) is 8.72. The number of halogens is 5. The maximum Gasteiger partial charge on any atom is 0.249 e. The van der Waals surface area contributed by atoms with E-state index in [0.717, 1.165) is 4.31 Å². The Balaban J connectivity index is 0.00000243. The third-order valence-corrected chi connectivity index (χ3v) is 5.92. The third-order valence-electron chi connectivity index (χ3n) is 3.99. The van der Waals surface area contributed by atoms with Crippen LogP contribution in [-0.4, -0.2) is 41.9 Å². The lowest BCUT2D eigenvalue weighted by Gasteiger charge is -2.34. The Morgan fingerprint density at radius 2 is 1.81 bits per heavy atom. The lowest BCUT2D eigenvalue weighted by Crippen LogP contribution is -2.49. The molecule has 3 rings (SSSR count). The number of sulfonamides is 1. The van der Waals surface area contributed by atoms with Crippen molar-refractivity contribution in [2.24, 2.45) is 7.05 Å². The monoisotopic (exact) mass is 414 g/mol. The van der Waals surface area contributed by atoms with E-state index in [4.69, 9.17) is 0 Å². The van der Waals surface area contributed by atoms with Gasteiger partial charge in [-0.15, -0.1) is 12.4 Å². The fourth-order valence-electron chi connectivity index (χ4n) is 2.79. The number of benzene rings is 1. The summed E-state index contributed by atoms with van der Waals surface area (Å²) in [5.41, 5.74) is 0. The van der Waals surface area contributed by atoms with Crippen molar-refractivity contribution < 1.29 is 26.0 Å². The van der Waals surface area contributed by atoms with E-state index in [-0.39, 0.29) is 38.1 Å². The first-order chi connectivity index (χ1) is 11.7. The number of aromatic nitrogens is 2. The maximum atomic E-state index is 14.0. The molecule has 1 aromatic heterocycles. The lowest BCUT2D eigenvalue weighted by atomic mass is 10.2. The van der Waals surface area contributed by atoms with Crippen LogP contribution in [0, 0.1) is 23.3 Å². The molecule has 1 unspecified atom stereocenters. The van der Waals surface area contributed by atoms with E-state index < -0.39 is 44.2 Å². The molecular formula is C14H15ClF4N4O2S. The second-order valence-electron chi connectivity index (χ2n) is 5.53. The van der Waals surface area contributed by atoms with Gasteiger partial charge in [-0.3, -0.25) is 0 Å². The number of aryl methyl sites for hydroxylation is 1. The molecule has 12 heteroatoms. The Labute approximate surface area is 153 Å². The molecule has 1 aromatic carbocycles. The highest BCUT2D eigenvalue weighted by molar-refractivity contribution is 7.89. The summed E-state index contributed by atoms with van der Waals surface area (Å²) in [6, 6.07) is -0.915. The van der Waals surface area contributed by atoms with E-state index in [1.54, 1.807) is 17.8 Å². The average molecular weight is 415 g/mol. The molecule has 1 atom stereocenters. The van der Waals surface area contributed by atoms with Crippen molar-refractivity contribution in [1.29, 1.82) is 0 Å². The van der Waals surface area contributed by atoms with Gasteiger partial charge in [0.05, 0.1) is 6.04 Å². The Morgan fingerprint density at radius 3 is 2.35 bits per heavy atom. The van der Waals surface area contributed by atoms with E-state index in [9.17, 15) is 26.0 Å². The van der Waals surface area contributed by atoms with Gasteiger partial charge in [0.1, 0.15) is 5.82 Å². The Hall–Kier alpha value is -1.69. The zero-order chi connectivity index (χ0) is 18.4. The molecule has 26 heavy (non-hydrogen) atoms. The molecule has 6 nitrogen and oxygen atoms in total. The highest BCUT2D eigenvalue weighted by Gasteiger charge is 2.41. The highest BCUT2D eigenvalue weighted by atomic mass is 35.5. The molecule has 0 spiro atoms. The van der Waals surface area contributed by atoms with Crippen LogP contribution in [-0.2, 0) is 17.1 Å². The molecule has 1 N–H and O–H groups in total. The van der Waals surface area contributed by atoms with Crippen molar-refractivity contribution in [2.45, 2.75) is 10.9 Å². The predicted octanol–water partition coefficient (Wildman–Crippen LogP) is 1.73. The van der Waals surface area contributed by atoms with Gasteiger partial charge in [-0.05, 0) is 0 Å². The summed E-state index contributed by atoms with van der Waals surface area (Å²) >= 11 is 0. The van der Waals surface area contributed by atoms with Gasteiger partial charge >= 0.3 is 0 Å². The van der Waals surface area contributed by atoms with E-state index in [2.05, 4.69) is 10.3 Å². The standard InChI is InChI=1S/C14H14F4N4O2S.ClH/c1-21-4-3-20-14(21)10-7-19-2-5-22(10)25(23,24)13-11(17)8(15)6-9(16)12(13)18;/h3-4,6,10,19H,2,5,7H2,1H3;1H. The van der Waals surface area contributed by atoms with E-state index in [1.165, 1.54) is 6.20 Å². The molecule has 1 fully saturated rings. The molecule has 1 saturated heterocycles. The van der Waals surface area contributed by atoms with Crippen molar-refractivity contribution in [3.05, 3.63) is 47.6 Å². The summed E-state index contributed by atoms with van der Waals surface area (Å²) < 4.78 is 82.9. The smallest absolute Gasteiger partial charge is 0.249 e. The second-order valence-corrected chi connectivity index (χ2v) is 7.36. The number of piperazine rings is 1. The van der Waals surface area contributed by atoms with E-state index in [0.29, 0.717) is 5.82 Å². The SMILES string of the molecule is Cl.Cn1ccnc1C1CNCCN1S(=O)(=O)c1c(F)c(F)cc(F)c1F.